The molecule has 86 valence electrons. The summed E-state index contributed by atoms with van der Waals surface area (Å²) in [5.41, 5.74) is 0. The molecule has 0 aromatic rings. The van der Waals surface area contributed by atoms with Gasteiger partial charge in [-0.1, -0.05) is 51.2 Å². The van der Waals surface area contributed by atoms with Gasteiger partial charge in [0.25, 0.3) is 0 Å². The standard InChI is InChI=1S/C14H25N/c1-2-3-4-5-6-7-8-9-10-11-12-13-14-15/h5-6H,2-4,7-13H2,1H3. The molecule has 0 heterocycles. The third-order valence-electron chi connectivity index (χ3n) is 2.55. The molecule has 0 spiro atoms. The van der Waals surface area contributed by atoms with Crippen molar-refractivity contribution in [1.29, 1.82) is 5.26 Å². The van der Waals surface area contributed by atoms with Gasteiger partial charge < -0.3 is 0 Å². The van der Waals surface area contributed by atoms with Crippen molar-refractivity contribution in [3.63, 3.8) is 0 Å². The van der Waals surface area contributed by atoms with Gasteiger partial charge in [0, 0.05) is 6.42 Å². The van der Waals surface area contributed by atoms with Gasteiger partial charge in [0.1, 0.15) is 0 Å². The summed E-state index contributed by atoms with van der Waals surface area (Å²) >= 11 is 0. The maximum absolute atomic E-state index is 8.35. The van der Waals surface area contributed by atoms with E-state index < -0.39 is 0 Å². The molecule has 0 aromatic carbocycles. The topological polar surface area (TPSA) is 23.8 Å². The van der Waals surface area contributed by atoms with Gasteiger partial charge in [0.15, 0.2) is 0 Å². The lowest BCUT2D eigenvalue weighted by Gasteiger charge is -1.97. The number of hydrogen-bond donors (Lipinski definition) is 0. The van der Waals surface area contributed by atoms with Crippen molar-refractivity contribution in [2.24, 2.45) is 0 Å². The van der Waals surface area contributed by atoms with E-state index in [9.17, 15) is 0 Å². The number of nitriles is 1. The average Bonchev–Trinajstić information content (AvgIpc) is 2.26. The van der Waals surface area contributed by atoms with Gasteiger partial charge in [-0.25, -0.2) is 0 Å². The van der Waals surface area contributed by atoms with E-state index in [-0.39, 0.29) is 0 Å². The maximum Gasteiger partial charge on any atom is 0.0621 e. The summed E-state index contributed by atoms with van der Waals surface area (Å²) in [4.78, 5) is 0. The number of hydrogen-bond acceptors (Lipinski definition) is 1. The van der Waals surface area contributed by atoms with E-state index in [0.717, 1.165) is 12.8 Å². The molecule has 0 rings (SSSR count). The first-order valence-electron chi connectivity index (χ1n) is 6.43. The fourth-order valence-electron chi connectivity index (χ4n) is 1.55. The molecule has 15 heavy (non-hydrogen) atoms. The summed E-state index contributed by atoms with van der Waals surface area (Å²) in [6.07, 6.45) is 16.7. The maximum atomic E-state index is 8.35. The molecule has 0 amide bonds. The second kappa shape index (κ2) is 13.2. The van der Waals surface area contributed by atoms with E-state index in [0.29, 0.717) is 0 Å². The Morgan fingerprint density at radius 2 is 1.47 bits per heavy atom. The summed E-state index contributed by atoms with van der Waals surface area (Å²) in [7, 11) is 0. The normalized spacial score (nSPS) is 10.7. The molecule has 0 N–H and O–H groups in total. The van der Waals surface area contributed by atoms with Crippen molar-refractivity contribution in [2.45, 2.75) is 71.1 Å². The Hall–Kier alpha value is -0.770. The highest BCUT2D eigenvalue weighted by Crippen LogP contribution is 2.07. The van der Waals surface area contributed by atoms with Gasteiger partial charge in [-0.15, -0.1) is 0 Å². The van der Waals surface area contributed by atoms with Crippen molar-refractivity contribution >= 4 is 0 Å². The van der Waals surface area contributed by atoms with E-state index >= 15 is 0 Å². The minimum atomic E-state index is 0.733. The highest BCUT2D eigenvalue weighted by molar-refractivity contribution is 4.81. The molecule has 0 aliphatic heterocycles. The molecule has 0 saturated carbocycles. The van der Waals surface area contributed by atoms with Crippen LogP contribution in [0.1, 0.15) is 71.1 Å². The van der Waals surface area contributed by atoms with E-state index in [1.807, 2.05) is 0 Å². The first-order chi connectivity index (χ1) is 7.41. The van der Waals surface area contributed by atoms with Crippen LogP contribution in [0.15, 0.2) is 12.2 Å². The quantitative estimate of drug-likeness (QED) is 0.366. The summed E-state index contributed by atoms with van der Waals surface area (Å²) in [6, 6.07) is 2.19. The van der Waals surface area contributed by atoms with Crippen LogP contribution in [0, 0.1) is 11.3 Å². The van der Waals surface area contributed by atoms with Crippen LogP contribution < -0.4 is 0 Å². The van der Waals surface area contributed by atoms with Crippen molar-refractivity contribution in [3.05, 3.63) is 12.2 Å². The largest absolute Gasteiger partial charge is 0.198 e. The van der Waals surface area contributed by atoms with Crippen LogP contribution in [-0.4, -0.2) is 0 Å². The predicted octanol–water partition coefficient (Wildman–Crippen LogP) is 4.99. The fourth-order valence-corrected chi connectivity index (χ4v) is 1.55. The monoisotopic (exact) mass is 207 g/mol. The molecule has 0 fully saturated rings. The molecular formula is C14H25N. The Kier molecular flexibility index (Phi) is 12.6. The second-order valence-electron chi connectivity index (χ2n) is 4.08. The van der Waals surface area contributed by atoms with Gasteiger partial charge in [0.2, 0.25) is 0 Å². The lowest BCUT2D eigenvalue weighted by atomic mass is 10.1. The molecular weight excluding hydrogens is 182 g/mol. The highest BCUT2D eigenvalue weighted by atomic mass is 14.2. The lowest BCUT2D eigenvalue weighted by molar-refractivity contribution is 0.623. The predicted molar refractivity (Wildman–Crippen MR) is 66.6 cm³/mol. The Morgan fingerprint density at radius 1 is 0.867 bits per heavy atom. The second-order valence-corrected chi connectivity index (χ2v) is 4.08. The number of nitrogens with zero attached hydrogens (tertiary/aromatic N) is 1. The minimum Gasteiger partial charge on any atom is -0.198 e. The summed E-state index contributed by atoms with van der Waals surface area (Å²) in [6.45, 7) is 2.23. The van der Waals surface area contributed by atoms with E-state index in [1.54, 1.807) is 0 Å². The van der Waals surface area contributed by atoms with Crippen LogP contribution in [0.25, 0.3) is 0 Å². The van der Waals surface area contributed by atoms with Gasteiger partial charge in [-0.2, -0.15) is 5.26 Å². The first-order valence-corrected chi connectivity index (χ1v) is 6.43. The van der Waals surface area contributed by atoms with Gasteiger partial charge in [0.05, 0.1) is 6.07 Å². The van der Waals surface area contributed by atoms with Crippen molar-refractivity contribution in [3.8, 4) is 6.07 Å². The Morgan fingerprint density at radius 3 is 2.13 bits per heavy atom. The number of unbranched alkanes of at least 4 members (excludes halogenated alkanes) is 8. The molecule has 0 unspecified atom stereocenters. The molecule has 0 bridgehead atoms. The number of rotatable bonds is 10. The molecule has 1 nitrogen and oxygen atoms in total. The Bertz CT molecular complexity index is 176. The van der Waals surface area contributed by atoms with Gasteiger partial charge >= 0.3 is 0 Å². The van der Waals surface area contributed by atoms with Gasteiger partial charge in [-0.3, -0.25) is 0 Å². The van der Waals surface area contributed by atoms with Crippen LogP contribution in [0.2, 0.25) is 0 Å². The van der Waals surface area contributed by atoms with Crippen molar-refractivity contribution < 1.29 is 0 Å². The Labute approximate surface area is 95.2 Å². The van der Waals surface area contributed by atoms with Crippen LogP contribution in [0.4, 0.5) is 0 Å². The van der Waals surface area contributed by atoms with E-state index in [4.69, 9.17) is 5.26 Å². The first kappa shape index (κ1) is 14.2. The zero-order chi connectivity index (χ0) is 11.2. The SMILES string of the molecule is CCCCC=CCCCCCCCC#N. The van der Waals surface area contributed by atoms with Crippen molar-refractivity contribution in [1.82, 2.24) is 0 Å². The van der Waals surface area contributed by atoms with Crippen LogP contribution >= 0.6 is 0 Å². The highest BCUT2D eigenvalue weighted by Gasteiger charge is 1.89. The third-order valence-corrected chi connectivity index (χ3v) is 2.55. The summed E-state index contributed by atoms with van der Waals surface area (Å²) < 4.78 is 0. The molecule has 0 atom stereocenters. The molecule has 0 aliphatic rings. The average molecular weight is 207 g/mol. The van der Waals surface area contributed by atoms with E-state index in [2.05, 4.69) is 25.1 Å². The van der Waals surface area contributed by atoms with Crippen LogP contribution in [0.3, 0.4) is 0 Å². The van der Waals surface area contributed by atoms with E-state index in [1.165, 1.54) is 51.4 Å². The Balaban J connectivity index is 2.98. The molecule has 0 radical (unpaired) electrons. The zero-order valence-electron chi connectivity index (χ0n) is 10.2. The fraction of sp³-hybridized carbons (Fsp3) is 0.786. The van der Waals surface area contributed by atoms with Crippen LogP contribution in [-0.2, 0) is 0 Å². The molecule has 0 aliphatic carbocycles. The van der Waals surface area contributed by atoms with Crippen LogP contribution in [0.5, 0.6) is 0 Å². The summed E-state index contributed by atoms with van der Waals surface area (Å²) in [5, 5.41) is 8.35. The molecule has 1 heteroatoms. The van der Waals surface area contributed by atoms with Gasteiger partial charge in [-0.05, 0) is 25.7 Å². The summed E-state index contributed by atoms with van der Waals surface area (Å²) in [5.74, 6) is 0. The van der Waals surface area contributed by atoms with Crippen molar-refractivity contribution in [2.75, 3.05) is 0 Å². The smallest absolute Gasteiger partial charge is 0.0621 e. The molecule has 0 aromatic heterocycles. The lowest BCUT2D eigenvalue weighted by Crippen LogP contribution is -1.78. The zero-order valence-corrected chi connectivity index (χ0v) is 10.2. The third kappa shape index (κ3) is 13.2. The number of allylic oxidation sites excluding steroid dienone is 2. The minimum absolute atomic E-state index is 0.733. The molecule has 0 saturated heterocycles.